The standard InChI is InChI=1S/C10H9O/c11-10-7-3-5-8-4-1-2-6-9(8)10/h1-2,4-6H,3,7H2. The number of rotatable bonds is 0. The Bertz CT molecular complexity index is 289. The maximum Gasteiger partial charge on any atom is 0.163 e. The van der Waals surface area contributed by atoms with Gasteiger partial charge in [0.2, 0.25) is 0 Å². The zero-order valence-corrected chi connectivity index (χ0v) is 6.21. The van der Waals surface area contributed by atoms with Crippen LogP contribution < -0.4 is 0 Å². The summed E-state index contributed by atoms with van der Waals surface area (Å²) in [5.41, 5.74) is 1.99. The molecule has 1 aliphatic carbocycles. The van der Waals surface area contributed by atoms with Crippen molar-refractivity contribution in [1.29, 1.82) is 0 Å². The maximum absolute atomic E-state index is 11.3. The predicted molar refractivity (Wildman–Crippen MR) is 43.4 cm³/mol. The summed E-state index contributed by atoms with van der Waals surface area (Å²) in [5.74, 6) is 0.281. The van der Waals surface area contributed by atoms with Gasteiger partial charge in [-0.1, -0.05) is 24.3 Å². The van der Waals surface area contributed by atoms with Crippen LogP contribution >= 0.6 is 0 Å². The largest absolute Gasteiger partial charge is 0.294 e. The third-order valence-electron chi connectivity index (χ3n) is 2.00. The molecule has 1 aliphatic rings. The molecule has 0 aromatic heterocycles. The van der Waals surface area contributed by atoms with Gasteiger partial charge in [0.25, 0.3) is 0 Å². The number of carbonyl (C=O) groups excluding carboxylic acids is 1. The van der Waals surface area contributed by atoms with Gasteiger partial charge in [-0.05, 0) is 18.4 Å². The summed E-state index contributed by atoms with van der Waals surface area (Å²) in [4.78, 5) is 11.3. The number of Topliss-reactive ketones (excluding diaryl/α,β-unsaturated/α-hetero) is 1. The smallest absolute Gasteiger partial charge is 0.163 e. The molecule has 1 aromatic rings. The molecular formula is C10H9O. The first kappa shape index (κ1) is 6.59. The van der Waals surface area contributed by atoms with Gasteiger partial charge in [-0.25, -0.2) is 0 Å². The summed E-state index contributed by atoms with van der Waals surface area (Å²) in [7, 11) is 0. The molecule has 2 rings (SSSR count). The zero-order valence-electron chi connectivity index (χ0n) is 6.21. The second-order valence-corrected chi connectivity index (χ2v) is 2.75. The average molecular weight is 145 g/mol. The minimum Gasteiger partial charge on any atom is -0.294 e. The first-order valence-electron chi connectivity index (χ1n) is 3.83. The highest BCUT2D eigenvalue weighted by molar-refractivity contribution is 5.99. The van der Waals surface area contributed by atoms with Crippen molar-refractivity contribution in [3.05, 3.63) is 41.8 Å². The van der Waals surface area contributed by atoms with Gasteiger partial charge in [-0.2, -0.15) is 0 Å². The lowest BCUT2D eigenvalue weighted by Gasteiger charge is -2.12. The molecule has 1 nitrogen and oxygen atoms in total. The molecule has 0 aliphatic heterocycles. The topological polar surface area (TPSA) is 17.1 Å². The summed E-state index contributed by atoms with van der Waals surface area (Å²) in [5, 5.41) is 0. The Balaban J connectivity index is 2.52. The molecule has 0 atom stereocenters. The Hall–Kier alpha value is -1.11. The van der Waals surface area contributed by atoms with E-state index < -0.39 is 0 Å². The number of ketones is 1. The highest BCUT2D eigenvalue weighted by atomic mass is 16.1. The van der Waals surface area contributed by atoms with Crippen LogP contribution in [0, 0.1) is 6.42 Å². The number of hydrogen-bond donors (Lipinski definition) is 0. The van der Waals surface area contributed by atoms with Crippen molar-refractivity contribution in [2.75, 3.05) is 0 Å². The van der Waals surface area contributed by atoms with Gasteiger partial charge in [0, 0.05) is 12.0 Å². The predicted octanol–water partition coefficient (Wildman–Crippen LogP) is 2.22. The van der Waals surface area contributed by atoms with E-state index in [2.05, 4.69) is 6.42 Å². The van der Waals surface area contributed by atoms with Crippen molar-refractivity contribution >= 4 is 5.78 Å². The molecule has 0 saturated heterocycles. The molecule has 1 heteroatoms. The molecule has 1 radical (unpaired) electrons. The summed E-state index contributed by atoms with van der Waals surface area (Å²) in [6.07, 6.45) is 3.70. The van der Waals surface area contributed by atoms with E-state index in [0.717, 1.165) is 17.5 Å². The Morgan fingerprint density at radius 2 is 2.00 bits per heavy atom. The van der Waals surface area contributed by atoms with Gasteiger partial charge in [0.15, 0.2) is 5.78 Å². The molecule has 55 valence electrons. The van der Waals surface area contributed by atoms with Crippen LogP contribution in [0.3, 0.4) is 0 Å². The van der Waals surface area contributed by atoms with Crippen LogP contribution in [0.5, 0.6) is 0 Å². The number of hydrogen-bond acceptors (Lipinski definition) is 1. The van der Waals surface area contributed by atoms with Gasteiger partial charge < -0.3 is 0 Å². The number of benzene rings is 1. The fourth-order valence-corrected chi connectivity index (χ4v) is 1.42. The first-order chi connectivity index (χ1) is 5.38. The van der Waals surface area contributed by atoms with Crippen LogP contribution in [0.4, 0.5) is 0 Å². The highest BCUT2D eigenvalue weighted by Crippen LogP contribution is 2.21. The van der Waals surface area contributed by atoms with Crippen molar-refractivity contribution in [3.8, 4) is 0 Å². The SMILES string of the molecule is O=C1CC[CH]c2ccccc21. The van der Waals surface area contributed by atoms with Gasteiger partial charge in [0.1, 0.15) is 0 Å². The maximum atomic E-state index is 11.3. The lowest BCUT2D eigenvalue weighted by Crippen LogP contribution is -2.08. The molecule has 1 aromatic carbocycles. The third kappa shape index (κ3) is 1.07. The Labute approximate surface area is 66.0 Å². The molecule has 0 saturated carbocycles. The van der Waals surface area contributed by atoms with Crippen LogP contribution in [0.15, 0.2) is 24.3 Å². The molecule has 0 bridgehead atoms. The molecule has 0 heterocycles. The molecular weight excluding hydrogens is 136 g/mol. The van der Waals surface area contributed by atoms with E-state index in [4.69, 9.17) is 0 Å². The van der Waals surface area contributed by atoms with Gasteiger partial charge in [0.05, 0.1) is 0 Å². The van der Waals surface area contributed by atoms with Crippen LogP contribution in [0.25, 0.3) is 0 Å². The molecule has 0 unspecified atom stereocenters. The Morgan fingerprint density at radius 1 is 1.18 bits per heavy atom. The van der Waals surface area contributed by atoms with Crippen LogP contribution in [0.2, 0.25) is 0 Å². The van der Waals surface area contributed by atoms with E-state index in [-0.39, 0.29) is 5.78 Å². The lowest BCUT2D eigenvalue weighted by atomic mass is 9.91. The van der Waals surface area contributed by atoms with Crippen LogP contribution in [0.1, 0.15) is 28.8 Å². The molecule has 0 N–H and O–H groups in total. The summed E-state index contributed by atoms with van der Waals surface area (Å²) < 4.78 is 0. The van der Waals surface area contributed by atoms with Crippen LogP contribution in [-0.2, 0) is 0 Å². The van der Waals surface area contributed by atoms with E-state index in [9.17, 15) is 4.79 Å². The van der Waals surface area contributed by atoms with Crippen molar-refractivity contribution in [1.82, 2.24) is 0 Å². The molecule has 0 amide bonds. The van der Waals surface area contributed by atoms with Crippen molar-refractivity contribution in [3.63, 3.8) is 0 Å². The summed E-state index contributed by atoms with van der Waals surface area (Å²) in [6.45, 7) is 0. The van der Waals surface area contributed by atoms with E-state index in [1.807, 2.05) is 24.3 Å². The van der Waals surface area contributed by atoms with Crippen molar-refractivity contribution in [2.45, 2.75) is 12.8 Å². The highest BCUT2D eigenvalue weighted by Gasteiger charge is 2.15. The van der Waals surface area contributed by atoms with E-state index in [0.29, 0.717) is 6.42 Å². The van der Waals surface area contributed by atoms with Gasteiger partial charge in [-0.15, -0.1) is 0 Å². The average Bonchev–Trinajstić information content (AvgIpc) is 2.06. The number of carbonyl (C=O) groups is 1. The van der Waals surface area contributed by atoms with Crippen molar-refractivity contribution in [2.24, 2.45) is 0 Å². The summed E-state index contributed by atoms with van der Waals surface area (Å²) >= 11 is 0. The fourth-order valence-electron chi connectivity index (χ4n) is 1.42. The summed E-state index contributed by atoms with van der Waals surface area (Å²) in [6, 6.07) is 7.77. The molecule has 0 spiro atoms. The normalized spacial score (nSPS) is 16.2. The Morgan fingerprint density at radius 3 is 2.82 bits per heavy atom. The van der Waals surface area contributed by atoms with E-state index in [1.165, 1.54) is 0 Å². The van der Waals surface area contributed by atoms with Gasteiger partial charge >= 0.3 is 0 Å². The fraction of sp³-hybridized carbons (Fsp3) is 0.200. The minimum atomic E-state index is 0.281. The second kappa shape index (κ2) is 2.50. The molecule has 11 heavy (non-hydrogen) atoms. The monoisotopic (exact) mass is 145 g/mol. The van der Waals surface area contributed by atoms with Crippen LogP contribution in [-0.4, -0.2) is 5.78 Å². The lowest BCUT2D eigenvalue weighted by molar-refractivity contribution is 0.0978. The van der Waals surface area contributed by atoms with Gasteiger partial charge in [-0.3, -0.25) is 4.79 Å². The van der Waals surface area contributed by atoms with E-state index >= 15 is 0 Å². The van der Waals surface area contributed by atoms with E-state index in [1.54, 1.807) is 0 Å². The quantitative estimate of drug-likeness (QED) is 0.547. The van der Waals surface area contributed by atoms with Crippen molar-refractivity contribution < 1.29 is 4.79 Å². The third-order valence-corrected chi connectivity index (χ3v) is 2.00. The second-order valence-electron chi connectivity index (χ2n) is 2.75. The number of fused-ring (bicyclic) bond motifs is 1. The zero-order chi connectivity index (χ0) is 7.68. The first-order valence-corrected chi connectivity index (χ1v) is 3.83. The Kier molecular flexibility index (Phi) is 1.50. The minimum absolute atomic E-state index is 0.281. The molecule has 0 fully saturated rings.